The third-order valence-corrected chi connectivity index (χ3v) is 7.87. The molecule has 4 atom stereocenters. The Kier molecular flexibility index (Phi) is 8.12. The highest BCUT2D eigenvalue weighted by molar-refractivity contribution is 8.00. The lowest BCUT2D eigenvalue weighted by Gasteiger charge is -2.25. The van der Waals surface area contributed by atoms with Gasteiger partial charge in [0, 0.05) is 30.4 Å². The summed E-state index contributed by atoms with van der Waals surface area (Å²) in [6, 6.07) is -1.25. The lowest BCUT2D eigenvalue weighted by molar-refractivity contribution is -0.984. The molecule has 0 spiro atoms. The Balaban J connectivity index is 1.27. The van der Waals surface area contributed by atoms with Crippen molar-refractivity contribution in [2.75, 3.05) is 12.3 Å². The summed E-state index contributed by atoms with van der Waals surface area (Å²) in [5.74, 6) is -2.12. The largest absolute Gasteiger partial charge is 0.477 e. The molecule has 11 nitrogen and oxygen atoms in total. The van der Waals surface area contributed by atoms with Crippen molar-refractivity contribution in [2.45, 2.75) is 81.2 Å². The number of carbonyl (C=O) groups is 5. The van der Waals surface area contributed by atoms with E-state index in [0.717, 1.165) is 25.0 Å². The van der Waals surface area contributed by atoms with Crippen molar-refractivity contribution in [2.24, 2.45) is 0 Å². The minimum absolute atomic E-state index is 0.0359. The maximum absolute atomic E-state index is 12.0. The van der Waals surface area contributed by atoms with Crippen LogP contribution < -0.4 is 16.0 Å². The Hall–Kier alpha value is -2.18. The van der Waals surface area contributed by atoms with Crippen LogP contribution in [0.15, 0.2) is 0 Å². The summed E-state index contributed by atoms with van der Waals surface area (Å²) in [5.41, 5.74) is 0. The van der Waals surface area contributed by atoms with E-state index in [1.807, 2.05) is 11.8 Å². The van der Waals surface area contributed by atoms with Gasteiger partial charge in [0.15, 0.2) is 0 Å². The van der Waals surface area contributed by atoms with Crippen LogP contribution >= 0.6 is 11.8 Å². The fourth-order valence-corrected chi connectivity index (χ4v) is 6.11. The molecule has 0 aromatic carbocycles. The number of nitrogens with one attached hydrogen (secondary N) is 3. The average Bonchev–Trinajstić information content (AvgIpc) is 3.37. The lowest BCUT2D eigenvalue weighted by Crippen LogP contribution is -2.59. The van der Waals surface area contributed by atoms with Crippen LogP contribution in [0.2, 0.25) is 0 Å². The number of likely N-dealkylation sites (tertiary alicyclic amines) is 1. The molecule has 0 saturated carbocycles. The molecule has 32 heavy (non-hydrogen) atoms. The Bertz CT molecular complexity index is 761. The van der Waals surface area contributed by atoms with E-state index in [-0.39, 0.29) is 43.3 Å². The zero-order chi connectivity index (χ0) is 23.3. The second-order valence-corrected chi connectivity index (χ2v) is 9.81. The number of thioether (sulfide) groups is 1. The second-order valence-electron chi connectivity index (χ2n) is 8.54. The standard InChI is InChI=1S/C20H30N4O7S/c25-15(7-2-1-6-14-18-12(11-32-14)22-20(30)23-18)21-10-4-3-5-13(19(28)29)24(31)16(26)8-9-17(24)27/h12-14,18,31H,1-11H2,(H3-,21,22,23,25,28,29,30)/p+1/t12-,13?,14-,18-/m0/s1. The predicted octanol–water partition coefficient (Wildman–Crippen LogP) is 0.505. The van der Waals surface area contributed by atoms with Crippen LogP contribution in [0, 0.1) is 0 Å². The maximum atomic E-state index is 12.0. The summed E-state index contributed by atoms with van der Waals surface area (Å²) in [5, 5.41) is 28.7. The second kappa shape index (κ2) is 10.6. The van der Waals surface area contributed by atoms with E-state index in [0.29, 0.717) is 31.1 Å². The van der Waals surface area contributed by atoms with E-state index in [1.54, 1.807) is 0 Å². The number of hydrogen-bond donors (Lipinski definition) is 5. The topological polar surface area (TPSA) is 162 Å². The van der Waals surface area contributed by atoms with E-state index >= 15 is 0 Å². The van der Waals surface area contributed by atoms with Crippen LogP contribution in [0.3, 0.4) is 0 Å². The van der Waals surface area contributed by atoms with Crippen molar-refractivity contribution >= 4 is 41.5 Å². The number of nitrogens with zero attached hydrogens (tertiary/aromatic N) is 1. The summed E-state index contributed by atoms with van der Waals surface area (Å²) in [6.07, 6.45) is 3.46. The smallest absolute Gasteiger partial charge is 0.366 e. The fraction of sp³-hybridized carbons (Fsp3) is 0.750. The Morgan fingerprint density at radius 2 is 1.81 bits per heavy atom. The van der Waals surface area contributed by atoms with Gasteiger partial charge in [0.2, 0.25) is 11.9 Å². The summed E-state index contributed by atoms with van der Waals surface area (Å²) in [6.45, 7) is 0.360. The first kappa shape index (κ1) is 24.5. The number of urea groups is 1. The minimum Gasteiger partial charge on any atom is -0.477 e. The molecule has 3 saturated heterocycles. The predicted molar refractivity (Wildman–Crippen MR) is 114 cm³/mol. The van der Waals surface area contributed by atoms with E-state index in [9.17, 15) is 34.3 Å². The average molecular weight is 472 g/mol. The summed E-state index contributed by atoms with van der Waals surface area (Å²) in [4.78, 5) is 58.6. The minimum atomic E-state index is -1.65. The van der Waals surface area contributed by atoms with Gasteiger partial charge in [-0.25, -0.2) is 24.4 Å². The van der Waals surface area contributed by atoms with Gasteiger partial charge in [-0.2, -0.15) is 11.8 Å². The van der Waals surface area contributed by atoms with Crippen molar-refractivity contribution < 1.29 is 38.9 Å². The zero-order valence-corrected chi connectivity index (χ0v) is 18.7. The number of carboxylic acid groups (broad SMARTS) is 1. The van der Waals surface area contributed by atoms with E-state index in [1.165, 1.54) is 0 Å². The molecule has 1 unspecified atom stereocenters. The van der Waals surface area contributed by atoms with E-state index < -0.39 is 28.5 Å². The molecular formula is C20H31N4O7S+. The third-order valence-electron chi connectivity index (χ3n) is 6.36. The Morgan fingerprint density at radius 3 is 2.50 bits per heavy atom. The number of amides is 5. The molecule has 3 rings (SSSR count). The number of aliphatic carboxylic acids is 1. The van der Waals surface area contributed by atoms with Crippen LogP contribution in [0.5, 0.6) is 0 Å². The van der Waals surface area contributed by atoms with Crippen molar-refractivity contribution in [3.8, 4) is 0 Å². The molecule has 0 aromatic rings. The molecule has 3 aliphatic heterocycles. The third kappa shape index (κ3) is 5.41. The molecule has 5 N–H and O–H groups in total. The fourth-order valence-electron chi connectivity index (χ4n) is 4.56. The molecule has 178 valence electrons. The van der Waals surface area contributed by atoms with Gasteiger partial charge in [-0.1, -0.05) is 6.42 Å². The lowest BCUT2D eigenvalue weighted by atomic mass is 10.0. The number of rotatable bonds is 12. The van der Waals surface area contributed by atoms with E-state index in [4.69, 9.17) is 0 Å². The summed E-state index contributed by atoms with van der Waals surface area (Å²) < 4.78 is -1.65. The van der Waals surface area contributed by atoms with Crippen LogP contribution in [-0.2, 0) is 19.2 Å². The molecule has 3 aliphatic rings. The number of unbranched alkanes of at least 4 members (excludes halogenated alkanes) is 2. The number of hydrogen-bond acceptors (Lipinski definition) is 7. The zero-order valence-electron chi connectivity index (χ0n) is 17.9. The molecule has 0 aliphatic carbocycles. The normalized spacial score (nSPS) is 27.0. The Labute approximate surface area is 190 Å². The number of carbonyl (C=O) groups excluding carboxylic acids is 4. The van der Waals surface area contributed by atoms with Gasteiger partial charge in [-0.15, -0.1) is 0 Å². The van der Waals surface area contributed by atoms with Crippen LogP contribution in [-0.4, -0.2) is 80.4 Å². The summed E-state index contributed by atoms with van der Waals surface area (Å²) >= 11 is 1.85. The molecular weight excluding hydrogens is 440 g/mol. The number of quaternary nitrogens is 1. The molecule has 0 radical (unpaired) electrons. The van der Waals surface area contributed by atoms with Crippen molar-refractivity contribution in [3.05, 3.63) is 0 Å². The molecule has 3 heterocycles. The van der Waals surface area contributed by atoms with E-state index in [2.05, 4.69) is 16.0 Å². The van der Waals surface area contributed by atoms with Gasteiger partial charge in [0.25, 0.3) is 0 Å². The van der Waals surface area contributed by atoms with Crippen LogP contribution in [0.4, 0.5) is 4.79 Å². The van der Waals surface area contributed by atoms with Gasteiger partial charge in [0.1, 0.15) is 0 Å². The van der Waals surface area contributed by atoms with Gasteiger partial charge >= 0.3 is 23.8 Å². The van der Waals surface area contributed by atoms with Gasteiger partial charge in [0.05, 0.1) is 24.9 Å². The molecule has 12 heteroatoms. The highest BCUT2D eigenvalue weighted by atomic mass is 32.2. The molecule has 5 amide bonds. The van der Waals surface area contributed by atoms with Crippen molar-refractivity contribution in [1.29, 1.82) is 0 Å². The molecule has 0 bridgehead atoms. The van der Waals surface area contributed by atoms with Crippen molar-refractivity contribution in [1.82, 2.24) is 16.0 Å². The first-order valence-corrected chi connectivity index (χ1v) is 12.1. The number of carboxylic acids is 1. The van der Waals surface area contributed by atoms with Crippen LogP contribution in [0.25, 0.3) is 0 Å². The highest BCUT2D eigenvalue weighted by Crippen LogP contribution is 2.33. The SMILES string of the molecule is O=C(CCCC[C@@H]1SC[C@@H]2NC(=O)N[C@@H]21)NCCCCC(C(=O)O)[N+]1(O)C(=O)CCC1=O. The van der Waals surface area contributed by atoms with Gasteiger partial charge in [-0.3, -0.25) is 4.79 Å². The van der Waals surface area contributed by atoms with Crippen molar-refractivity contribution in [3.63, 3.8) is 0 Å². The van der Waals surface area contributed by atoms with Gasteiger partial charge in [-0.05, 0) is 30.3 Å². The number of imide groups is 1. The Morgan fingerprint density at radius 1 is 1.09 bits per heavy atom. The summed E-state index contributed by atoms with van der Waals surface area (Å²) in [7, 11) is 0. The van der Waals surface area contributed by atoms with Crippen LogP contribution in [0.1, 0.15) is 57.8 Å². The first-order valence-electron chi connectivity index (χ1n) is 11.1. The van der Waals surface area contributed by atoms with Gasteiger partial charge < -0.3 is 21.1 Å². The number of fused-ring (bicyclic) bond motifs is 1. The highest BCUT2D eigenvalue weighted by Gasteiger charge is 2.58. The number of hydroxylamine groups is 3. The first-order chi connectivity index (χ1) is 15.2. The quantitative estimate of drug-likeness (QED) is 0.0904. The molecule has 0 aromatic heterocycles. The maximum Gasteiger partial charge on any atom is 0.366 e. The monoisotopic (exact) mass is 471 g/mol. The molecule has 3 fully saturated rings.